The van der Waals surface area contributed by atoms with Gasteiger partial charge in [0.25, 0.3) is 0 Å². The van der Waals surface area contributed by atoms with Crippen molar-refractivity contribution in [1.82, 2.24) is 9.97 Å². The molecule has 1 atom stereocenters. The lowest BCUT2D eigenvalue weighted by Gasteiger charge is -2.18. The maximum absolute atomic E-state index is 12.9. The van der Waals surface area contributed by atoms with E-state index in [1.807, 2.05) is 6.07 Å². The summed E-state index contributed by atoms with van der Waals surface area (Å²) in [6.45, 7) is 1.61. The second-order valence-corrected chi connectivity index (χ2v) is 5.10. The van der Waals surface area contributed by atoms with Gasteiger partial charge in [0.15, 0.2) is 0 Å². The minimum absolute atomic E-state index is 0.162. The van der Waals surface area contributed by atoms with E-state index in [0.717, 1.165) is 31.0 Å². The first-order chi connectivity index (χ1) is 10.1. The molecule has 0 saturated carbocycles. The summed E-state index contributed by atoms with van der Waals surface area (Å²) in [5.41, 5.74) is 12.4. The number of rotatable bonds is 3. The summed E-state index contributed by atoms with van der Waals surface area (Å²) in [4.78, 5) is 10.5. The second-order valence-electron chi connectivity index (χ2n) is 5.10. The zero-order chi connectivity index (χ0) is 14.8. The quantitative estimate of drug-likeness (QED) is 0.792. The predicted octanol–water partition coefficient (Wildman–Crippen LogP) is 1.48. The van der Waals surface area contributed by atoms with Crippen LogP contribution in [0.2, 0.25) is 0 Å². The predicted molar refractivity (Wildman–Crippen MR) is 80.9 cm³/mol. The molecule has 21 heavy (non-hydrogen) atoms. The standard InChI is InChI=1S/C14H17FN6/c15-9-1-3-11(4-2-9)18-12-7-13(20-14(17)19-12)21-6-5-10(16)8-21/h1-4,7,10H,5-6,8,16H2,(H3,17,18,19,20)/t10-/m1/s1. The first kappa shape index (κ1) is 13.6. The molecule has 2 heterocycles. The summed E-state index contributed by atoms with van der Waals surface area (Å²) in [5.74, 6) is 1.23. The van der Waals surface area contributed by atoms with Gasteiger partial charge in [-0.25, -0.2) is 4.39 Å². The normalized spacial score (nSPS) is 18.0. The number of aromatic nitrogens is 2. The molecule has 1 aliphatic heterocycles. The first-order valence-electron chi connectivity index (χ1n) is 6.78. The van der Waals surface area contributed by atoms with Crippen molar-refractivity contribution in [3.63, 3.8) is 0 Å². The van der Waals surface area contributed by atoms with Crippen LogP contribution < -0.4 is 21.7 Å². The highest BCUT2D eigenvalue weighted by Gasteiger charge is 2.21. The number of anilines is 4. The largest absolute Gasteiger partial charge is 0.368 e. The fourth-order valence-corrected chi connectivity index (χ4v) is 2.36. The van der Waals surface area contributed by atoms with Crippen LogP contribution in [-0.2, 0) is 0 Å². The highest BCUT2D eigenvalue weighted by Crippen LogP contribution is 2.23. The van der Waals surface area contributed by atoms with Gasteiger partial charge in [0.1, 0.15) is 17.5 Å². The van der Waals surface area contributed by atoms with Gasteiger partial charge < -0.3 is 21.7 Å². The number of nitrogens with one attached hydrogen (secondary N) is 1. The Morgan fingerprint density at radius 3 is 2.67 bits per heavy atom. The SMILES string of the molecule is Nc1nc(Nc2ccc(F)cc2)cc(N2CC[C@@H](N)C2)n1. The molecule has 1 fully saturated rings. The van der Waals surface area contributed by atoms with Gasteiger partial charge in [-0.3, -0.25) is 0 Å². The fraction of sp³-hybridized carbons (Fsp3) is 0.286. The Balaban J connectivity index is 1.82. The van der Waals surface area contributed by atoms with Crippen LogP contribution in [-0.4, -0.2) is 29.1 Å². The summed E-state index contributed by atoms with van der Waals surface area (Å²) < 4.78 is 12.9. The number of benzene rings is 1. The van der Waals surface area contributed by atoms with Gasteiger partial charge in [0.05, 0.1) is 0 Å². The molecule has 0 unspecified atom stereocenters. The van der Waals surface area contributed by atoms with E-state index in [1.54, 1.807) is 12.1 Å². The van der Waals surface area contributed by atoms with Crippen molar-refractivity contribution < 1.29 is 4.39 Å². The maximum atomic E-state index is 12.9. The third-order valence-electron chi connectivity index (χ3n) is 3.40. The lowest BCUT2D eigenvalue weighted by Crippen LogP contribution is -2.27. The molecule has 5 N–H and O–H groups in total. The Labute approximate surface area is 122 Å². The molecule has 3 rings (SSSR count). The molecule has 0 radical (unpaired) electrons. The second kappa shape index (κ2) is 5.53. The number of nitrogens with two attached hydrogens (primary N) is 2. The van der Waals surface area contributed by atoms with Crippen LogP contribution >= 0.6 is 0 Å². The van der Waals surface area contributed by atoms with Crippen LogP contribution in [0.25, 0.3) is 0 Å². The van der Waals surface area contributed by atoms with Crippen LogP contribution in [0.4, 0.5) is 27.7 Å². The topological polar surface area (TPSA) is 93.1 Å². The molecule has 1 aliphatic rings. The summed E-state index contributed by atoms with van der Waals surface area (Å²) in [6, 6.07) is 8.02. The van der Waals surface area contributed by atoms with Crippen LogP contribution in [0.1, 0.15) is 6.42 Å². The van der Waals surface area contributed by atoms with Crippen LogP contribution in [0.3, 0.4) is 0 Å². The van der Waals surface area contributed by atoms with Crippen LogP contribution in [0.5, 0.6) is 0 Å². The molecule has 0 spiro atoms. The lowest BCUT2D eigenvalue weighted by atomic mass is 10.3. The van der Waals surface area contributed by atoms with Gasteiger partial charge in [0, 0.05) is 30.9 Å². The van der Waals surface area contributed by atoms with Crippen molar-refractivity contribution in [2.24, 2.45) is 5.73 Å². The summed E-state index contributed by atoms with van der Waals surface area (Å²) in [7, 11) is 0. The Morgan fingerprint density at radius 2 is 2.00 bits per heavy atom. The molecular formula is C14H17FN6. The van der Waals surface area contributed by atoms with Gasteiger partial charge in [-0.2, -0.15) is 9.97 Å². The van der Waals surface area contributed by atoms with Gasteiger partial charge in [-0.15, -0.1) is 0 Å². The highest BCUT2D eigenvalue weighted by molar-refractivity contribution is 5.61. The fourth-order valence-electron chi connectivity index (χ4n) is 2.36. The van der Waals surface area contributed by atoms with Crippen molar-refractivity contribution in [1.29, 1.82) is 0 Å². The van der Waals surface area contributed by atoms with E-state index in [9.17, 15) is 4.39 Å². The molecule has 7 heteroatoms. The van der Waals surface area contributed by atoms with E-state index in [4.69, 9.17) is 11.5 Å². The molecular weight excluding hydrogens is 271 g/mol. The zero-order valence-corrected chi connectivity index (χ0v) is 11.5. The lowest BCUT2D eigenvalue weighted by molar-refractivity contribution is 0.628. The van der Waals surface area contributed by atoms with E-state index >= 15 is 0 Å². The monoisotopic (exact) mass is 288 g/mol. The Kier molecular flexibility index (Phi) is 3.57. The van der Waals surface area contributed by atoms with Crippen molar-refractivity contribution in [3.8, 4) is 0 Å². The van der Waals surface area contributed by atoms with E-state index < -0.39 is 0 Å². The minimum atomic E-state index is -0.283. The van der Waals surface area contributed by atoms with E-state index in [-0.39, 0.29) is 17.8 Å². The maximum Gasteiger partial charge on any atom is 0.223 e. The Hall–Kier alpha value is -2.41. The molecule has 1 aromatic carbocycles. The van der Waals surface area contributed by atoms with E-state index in [1.165, 1.54) is 12.1 Å². The zero-order valence-electron chi connectivity index (χ0n) is 11.5. The average molecular weight is 288 g/mol. The Morgan fingerprint density at radius 1 is 1.24 bits per heavy atom. The number of nitrogens with zero attached hydrogens (tertiary/aromatic N) is 3. The third-order valence-corrected chi connectivity index (χ3v) is 3.40. The van der Waals surface area contributed by atoms with Crippen molar-refractivity contribution in [2.45, 2.75) is 12.5 Å². The first-order valence-corrected chi connectivity index (χ1v) is 6.78. The molecule has 0 amide bonds. The van der Waals surface area contributed by atoms with E-state index in [0.29, 0.717) is 5.82 Å². The summed E-state index contributed by atoms with van der Waals surface area (Å²) >= 11 is 0. The molecule has 1 aromatic heterocycles. The number of halogens is 1. The van der Waals surface area contributed by atoms with Gasteiger partial charge in [-0.05, 0) is 30.7 Å². The highest BCUT2D eigenvalue weighted by atomic mass is 19.1. The van der Waals surface area contributed by atoms with Crippen molar-refractivity contribution in [3.05, 3.63) is 36.1 Å². The molecule has 0 aliphatic carbocycles. The molecule has 0 bridgehead atoms. The van der Waals surface area contributed by atoms with Crippen LogP contribution in [0, 0.1) is 5.82 Å². The minimum Gasteiger partial charge on any atom is -0.368 e. The van der Waals surface area contributed by atoms with Gasteiger partial charge in [0.2, 0.25) is 5.95 Å². The molecule has 2 aromatic rings. The van der Waals surface area contributed by atoms with Crippen molar-refractivity contribution >= 4 is 23.3 Å². The number of nitrogen functional groups attached to an aromatic ring is 1. The number of hydrogen-bond donors (Lipinski definition) is 3. The summed E-state index contributed by atoms with van der Waals surface area (Å²) in [5, 5.41) is 3.09. The average Bonchev–Trinajstić information content (AvgIpc) is 2.88. The molecule has 1 saturated heterocycles. The van der Waals surface area contributed by atoms with E-state index in [2.05, 4.69) is 20.2 Å². The molecule has 6 nitrogen and oxygen atoms in total. The van der Waals surface area contributed by atoms with Gasteiger partial charge in [-0.1, -0.05) is 0 Å². The van der Waals surface area contributed by atoms with Crippen molar-refractivity contribution in [2.75, 3.05) is 29.0 Å². The van der Waals surface area contributed by atoms with Crippen LogP contribution in [0.15, 0.2) is 30.3 Å². The summed E-state index contributed by atoms with van der Waals surface area (Å²) in [6.07, 6.45) is 0.935. The number of hydrogen-bond acceptors (Lipinski definition) is 6. The third kappa shape index (κ3) is 3.19. The smallest absolute Gasteiger partial charge is 0.223 e. The Bertz CT molecular complexity index is 630. The van der Waals surface area contributed by atoms with Gasteiger partial charge >= 0.3 is 0 Å². The molecule has 110 valence electrons.